The second kappa shape index (κ2) is 7.33. The lowest BCUT2D eigenvalue weighted by atomic mass is 10.2. The molecule has 1 aromatic carbocycles. The number of piperazine rings is 1. The highest BCUT2D eigenvalue weighted by atomic mass is 15.4. The van der Waals surface area contributed by atoms with E-state index in [1.165, 1.54) is 11.3 Å². The topological polar surface area (TPSA) is 61.6 Å². The first-order valence-electron chi connectivity index (χ1n) is 8.27. The first-order valence-corrected chi connectivity index (χ1v) is 8.27. The number of rotatable bonds is 3. The highest BCUT2D eigenvalue weighted by Gasteiger charge is 2.20. The molecule has 0 amide bonds. The van der Waals surface area contributed by atoms with Crippen molar-refractivity contribution < 1.29 is 0 Å². The van der Waals surface area contributed by atoms with Crippen LogP contribution in [0.25, 0.3) is 0 Å². The molecule has 0 atom stereocenters. The summed E-state index contributed by atoms with van der Waals surface area (Å²) >= 11 is 0. The smallest absolute Gasteiger partial charge is 0.194 e. The number of aromatic nitrogens is 3. The Morgan fingerprint density at radius 1 is 1.25 bits per heavy atom. The molecule has 0 radical (unpaired) electrons. The Hall–Kier alpha value is -2.57. The lowest BCUT2D eigenvalue weighted by Crippen LogP contribution is -2.52. The molecule has 1 N–H and O–H groups in total. The van der Waals surface area contributed by atoms with Crippen LogP contribution in [-0.2, 0) is 13.6 Å². The molecule has 0 unspecified atom stereocenters. The van der Waals surface area contributed by atoms with Crippen LogP contribution in [0.3, 0.4) is 0 Å². The normalized spacial score (nSPS) is 15.7. The van der Waals surface area contributed by atoms with Gasteiger partial charge in [-0.05, 0) is 24.6 Å². The third-order valence-corrected chi connectivity index (χ3v) is 4.37. The first-order chi connectivity index (χ1) is 11.7. The summed E-state index contributed by atoms with van der Waals surface area (Å²) in [5.41, 5.74) is 2.60. The van der Waals surface area contributed by atoms with Crippen LogP contribution in [0.2, 0.25) is 0 Å². The summed E-state index contributed by atoms with van der Waals surface area (Å²) in [5, 5.41) is 7.47. The summed E-state index contributed by atoms with van der Waals surface area (Å²) in [6.07, 6.45) is 1.57. The quantitative estimate of drug-likeness (QED) is 0.674. The molecular formula is C17H25N7. The minimum absolute atomic E-state index is 0.626. The van der Waals surface area contributed by atoms with E-state index in [0.29, 0.717) is 6.54 Å². The third-order valence-electron chi connectivity index (χ3n) is 4.37. The Morgan fingerprint density at radius 3 is 2.67 bits per heavy atom. The van der Waals surface area contributed by atoms with Crippen molar-refractivity contribution in [1.82, 2.24) is 25.0 Å². The Labute approximate surface area is 143 Å². The molecule has 0 aliphatic carbocycles. The van der Waals surface area contributed by atoms with Gasteiger partial charge in [-0.25, -0.2) is 4.98 Å². The van der Waals surface area contributed by atoms with E-state index in [2.05, 4.69) is 61.4 Å². The molecule has 0 saturated carbocycles. The minimum atomic E-state index is 0.626. The number of guanidine groups is 1. The van der Waals surface area contributed by atoms with Gasteiger partial charge in [-0.15, -0.1) is 0 Å². The molecule has 128 valence electrons. The highest BCUT2D eigenvalue weighted by Crippen LogP contribution is 2.17. The minimum Gasteiger partial charge on any atom is -0.368 e. The average molecular weight is 327 g/mol. The van der Waals surface area contributed by atoms with Gasteiger partial charge in [0.2, 0.25) is 0 Å². The molecule has 0 spiro atoms. The van der Waals surface area contributed by atoms with Crippen LogP contribution in [-0.4, -0.2) is 58.9 Å². The summed E-state index contributed by atoms with van der Waals surface area (Å²) in [6.45, 7) is 6.65. The maximum atomic E-state index is 4.41. The second-order valence-electron chi connectivity index (χ2n) is 6.01. The zero-order valence-corrected chi connectivity index (χ0v) is 14.6. The summed E-state index contributed by atoms with van der Waals surface area (Å²) in [7, 11) is 3.72. The number of hydrogen-bond acceptors (Lipinski definition) is 4. The van der Waals surface area contributed by atoms with Crippen LogP contribution >= 0.6 is 0 Å². The number of nitrogens with one attached hydrogen (secondary N) is 1. The van der Waals surface area contributed by atoms with Gasteiger partial charge >= 0.3 is 0 Å². The molecule has 1 fully saturated rings. The van der Waals surface area contributed by atoms with E-state index in [0.717, 1.165) is 38.0 Å². The SMILES string of the molecule is CN=C(NCc1ncnn1C)N1CCN(c2cccc(C)c2)CC1. The number of nitrogens with zero attached hydrogens (tertiary/aromatic N) is 6. The summed E-state index contributed by atoms with van der Waals surface area (Å²) < 4.78 is 1.77. The molecule has 1 aliphatic heterocycles. The van der Waals surface area contributed by atoms with Gasteiger partial charge in [-0.2, -0.15) is 5.10 Å². The molecule has 0 bridgehead atoms. The standard InChI is InChI=1S/C17H25N7/c1-14-5-4-6-15(11-14)23-7-9-24(10-8-23)17(18-2)19-12-16-20-13-21-22(16)3/h4-6,11,13H,7-10,12H2,1-3H3,(H,18,19). The van der Waals surface area contributed by atoms with Crippen molar-refractivity contribution in [2.75, 3.05) is 38.1 Å². The van der Waals surface area contributed by atoms with Gasteiger partial charge in [-0.1, -0.05) is 12.1 Å². The van der Waals surface area contributed by atoms with E-state index < -0.39 is 0 Å². The molecule has 7 heteroatoms. The Balaban J connectivity index is 1.55. The highest BCUT2D eigenvalue weighted by molar-refractivity contribution is 5.80. The fourth-order valence-electron chi connectivity index (χ4n) is 2.97. The third kappa shape index (κ3) is 3.67. The lowest BCUT2D eigenvalue weighted by molar-refractivity contribution is 0.371. The monoisotopic (exact) mass is 327 g/mol. The number of anilines is 1. The van der Waals surface area contributed by atoms with Crippen LogP contribution in [0.5, 0.6) is 0 Å². The van der Waals surface area contributed by atoms with E-state index in [-0.39, 0.29) is 0 Å². The van der Waals surface area contributed by atoms with E-state index in [9.17, 15) is 0 Å². The Kier molecular flexibility index (Phi) is 4.98. The fourth-order valence-corrected chi connectivity index (χ4v) is 2.97. The number of aliphatic imine (C=N–C) groups is 1. The van der Waals surface area contributed by atoms with Crippen molar-refractivity contribution in [3.05, 3.63) is 42.0 Å². The van der Waals surface area contributed by atoms with Gasteiger partial charge in [0, 0.05) is 46.0 Å². The molecule has 1 aliphatic rings. The van der Waals surface area contributed by atoms with Gasteiger partial charge in [0.1, 0.15) is 12.2 Å². The maximum absolute atomic E-state index is 4.41. The zero-order chi connectivity index (χ0) is 16.9. The zero-order valence-electron chi connectivity index (χ0n) is 14.6. The van der Waals surface area contributed by atoms with Crippen LogP contribution in [0.1, 0.15) is 11.4 Å². The van der Waals surface area contributed by atoms with Crippen molar-refractivity contribution >= 4 is 11.6 Å². The molecule has 1 aromatic heterocycles. The average Bonchev–Trinajstić information content (AvgIpc) is 3.01. The van der Waals surface area contributed by atoms with Crippen LogP contribution < -0.4 is 10.2 Å². The van der Waals surface area contributed by atoms with Crippen LogP contribution in [0.15, 0.2) is 35.6 Å². The van der Waals surface area contributed by atoms with Crippen LogP contribution in [0.4, 0.5) is 5.69 Å². The molecule has 2 aromatic rings. The lowest BCUT2D eigenvalue weighted by Gasteiger charge is -2.37. The van der Waals surface area contributed by atoms with E-state index in [1.807, 2.05) is 14.1 Å². The van der Waals surface area contributed by atoms with Crippen molar-refractivity contribution in [2.45, 2.75) is 13.5 Å². The number of benzene rings is 1. The Bertz CT molecular complexity index is 698. The predicted octanol–water partition coefficient (Wildman–Crippen LogP) is 1.02. The largest absolute Gasteiger partial charge is 0.368 e. The summed E-state index contributed by atoms with van der Waals surface area (Å²) in [6, 6.07) is 8.69. The number of hydrogen-bond donors (Lipinski definition) is 1. The molecule has 2 heterocycles. The van der Waals surface area contributed by atoms with E-state index >= 15 is 0 Å². The second-order valence-corrected chi connectivity index (χ2v) is 6.01. The van der Waals surface area contributed by atoms with Crippen molar-refractivity contribution in [3.63, 3.8) is 0 Å². The molecule has 3 rings (SSSR count). The van der Waals surface area contributed by atoms with Gasteiger partial charge in [0.05, 0.1) is 6.54 Å². The van der Waals surface area contributed by atoms with E-state index in [4.69, 9.17) is 0 Å². The van der Waals surface area contributed by atoms with Gasteiger partial charge in [-0.3, -0.25) is 9.67 Å². The fraction of sp³-hybridized carbons (Fsp3) is 0.471. The molecular weight excluding hydrogens is 302 g/mol. The summed E-state index contributed by atoms with van der Waals surface area (Å²) in [4.78, 5) is 13.4. The van der Waals surface area contributed by atoms with Crippen molar-refractivity contribution in [1.29, 1.82) is 0 Å². The van der Waals surface area contributed by atoms with Gasteiger partial charge in [0.15, 0.2) is 5.96 Å². The van der Waals surface area contributed by atoms with E-state index in [1.54, 1.807) is 11.0 Å². The molecule has 24 heavy (non-hydrogen) atoms. The van der Waals surface area contributed by atoms with Gasteiger partial charge in [0.25, 0.3) is 0 Å². The number of aryl methyl sites for hydroxylation is 2. The summed E-state index contributed by atoms with van der Waals surface area (Å²) in [5.74, 6) is 1.82. The predicted molar refractivity (Wildman–Crippen MR) is 96.2 cm³/mol. The van der Waals surface area contributed by atoms with Crippen molar-refractivity contribution in [3.8, 4) is 0 Å². The van der Waals surface area contributed by atoms with Gasteiger partial charge < -0.3 is 15.1 Å². The molecule has 7 nitrogen and oxygen atoms in total. The first kappa shape index (κ1) is 16.3. The Morgan fingerprint density at radius 2 is 2.04 bits per heavy atom. The molecule has 1 saturated heterocycles. The van der Waals surface area contributed by atoms with Crippen LogP contribution in [0, 0.1) is 6.92 Å². The maximum Gasteiger partial charge on any atom is 0.194 e. The van der Waals surface area contributed by atoms with Crippen molar-refractivity contribution in [2.24, 2.45) is 12.0 Å².